The SMILES string of the molecule is Cc1nc(-c2ncc(Cl)cc2Cl)ncc1[C@@H](C)O. The Balaban J connectivity index is 2.49. The Morgan fingerprint density at radius 3 is 2.50 bits per heavy atom. The van der Waals surface area contributed by atoms with E-state index in [-0.39, 0.29) is 0 Å². The van der Waals surface area contributed by atoms with Crippen molar-refractivity contribution in [3.63, 3.8) is 0 Å². The van der Waals surface area contributed by atoms with Crippen molar-refractivity contribution in [3.05, 3.63) is 39.8 Å². The third-order valence-electron chi connectivity index (χ3n) is 2.49. The number of halogens is 2. The second-order valence-corrected chi connectivity index (χ2v) is 4.74. The Kier molecular flexibility index (Phi) is 3.80. The topological polar surface area (TPSA) is 58.9 Å². The van der Waals surface area contributed by atoms with Crippen molar-refractivity contribution < 1.29 is 5.11 Å². The molecule has 0 aliphatic heterocycles. The normalized spacial score (nSPS) is 12.5. The van der Waals surface area contributed by atoms with E-state index in [0.29, 0.717) is 32.8 Å². The van der Waals surface area contributed by atoms with Crippen LogP contribution in [0.15, 0.2) is 18.5 Å². The van der Waals surface area contributed by atoms with Gasteiger partial charge in [-0.3, -0.25) is 0 Å². The van der Waals surface area contributed by atoms with Gasteiger partial charge in [0.05, 0.1) is 16.1 Å². The van der Waals surface area contributed by atoms with Crippen LogP contribution in [0.3, 0.4) is 0 Å². The third-order valence-corrected chi connectivity index (χ3v) is 2.98. The van der Waals surface area contributed by atoms with Crippen LogP contribution in [0.25, 0.3) is 11.5 Å². The van der Waals surface area contributed by atoms with E-state index in [2.05, 4.69) is 15.0 Å². The molecule has 0 spiro atoms. The summed E-state index contributed by atoms with van der Waals surface area (Å²) in [5.74, 6) is 0.415. The van der Waals surface area contributed by atoms with Gasteiger partial charge in [-0.2, -0.15) is 0 Å². The highest BCUT2D eigenvalue weighted by molar-refractivity contribution is 6.35. The number of pyridine rings is 1. The Morgan fingerprint density at radius 1 is 1.22 bits per heavy atom. The fourth-order valence-corrected chi connectivity index (χ4v) is 2.04. The number of hydrogen-bond acceptors (Lipinski definition) is 4. The molecular weight excluding hydrogens is 273 g/mol. The lowest BCUT2D eigenvalue weighted by atomic mass is 10.1. The molecule has 0 bridgehead atoms. The van der Waals surface area contributed by atoms with E-state index in [4.69, 9.17) is 23.2 Å². The number of hydrogen-bond donors (Lipinski definition) is 1. The smallest absolute Gasteiger partial charge is 0.179 e. The van der Waals surface area contributed by atoms with Crippen LogP contribution >= 0.6 is 23.2 Å². The lowest BCUT2D eigenvalue weighted by molar-refractivity contribution is 0.197. The summed E-state index contributed by atoms with van der Waals surface area (Å²) in [5.41, 5.74) is 1.85. The van der Waals surface area contributed by atoms with E-state index >= 15 is 0 Å². The minimum atomic E-state index is -0.604. The van der Waals surface area contributed by atoms with Crippen molar-refractivity contribution >= 4 is 23.2 Å². The fourth-order valence-electron chi connectivity index (χ4n) is 1.58. The van der Waals surface area contributed by atoms with Gasteiger partial charge < -0.3 is 5.11 Å². The maximum absolute atomic E-state index is 9.52. The molecule has 1 N–H and O–H groups in total. The van der Waals surface area contributed by atoms with Gasteiger partial charge in [-0.25, -0.2) is 15.0 Å². The van der Waals surface area contributed by atoms with Gasteiger partial charge in [-0.15, -0.1) is 0 Å². The molecular formula is C12H11Cl2N3O. The number of aryl methyl sites for hydroxylation is 1. The molecule has 2 heterocycles. The molecule has 18 heavy (non-hydrogen) atoms. The van der Waals surface area contributed by atoms with Gasteiger partial charge in [0.25, 0.3) is 0 Å². The predicted octanol–water partition coefficient (Wildman–Crippen LogP) is 3.21. The molecule has 0 fully saturated rings. The zero-order chi connectivity index (χ0) is 13.3. The second-order valence-electron chi connectivity index (χ2n) is 3.89. The number of nitrogens with zero attached hydrogens (tertiary/aromatic N) is 3. The highest BCUT2D eigenvalue weighted by Crippen LogP contribution is 2.26. The summed E-state index contributed by atoms with van der Waals surface area (Å²) in [6.45, 7) is 3.47. The largest absolute Gasteiger partial charge is 0.389 e. The average molecular weight is 284 g/mol. The molecule has 6 heteroatoms. The zero-order valence-corrected chi connectivity index (χ0v) is 11.4. The van der Waals surface area contributed by atoms with Crippen molar-refractivity contribution in [2.75, 3.05) is 0 Å². The van der Waals surface area contributed by atoms with E-state index in [1.165, 1.54) is 6.20 Å². The highest BCUT2D eigenvalue weighted by Gasteiger charge is 2.12. The first-order chi connectivity index (χ1) is 8.49. The van der Waals surface area contributed by atoms with Gasteiger partial charge in [-0.05, 0) is 19.9 Å². The monoisotopic (exact) mass is 283 g/mol. The van der Waals surface area contributed by atoms with Crippen LogP contribution in [0.5, 0.6) is 0 Å². The van der Waals surface area contributed by atoms with Crippen LogP contribution in [0.4, 0.5) is 0 Å². The van der Waals surface area contributed by atoms with Crippen molar-refractivity contribution in [3.8, 4) is 11.5 Å². The summed E-state index contributed by atoms with van der Waals surface area (Å²) in [6.07, 6.45) is 2.46. The predicted molar refractivity (Wildman–Crippen MR) is 70.7 cm³/mol. The van der Waals surface area contributed by atoms with Crippen LogP contribution in [0, 0.1) is 6.92 Å². The molecule has 0 amide bonds. The Bertz CT molecular complexity index is 588. The van der Waals surface area contributed by atoms with Gasteiger partial charge in [0, 0.05) is 23.7 Å². The van der Waals surface area contributed by atoms with E-state index in [9.17, 15) is 5.11 Å². The maximum atomic E-state index is 9.52. The first-order valence-corrected chi connectivity index (χ1v) is 6.07. The van der Waals surface area contributed by atoms with Crippen molar-refractivity contribution in [1.82, 2.24) is 15.0 Å². The Hall–Kier alpha value is -1.23. The summed E-state index contributed by atoms with van der Waals surface area (Å²) in [6, 6.07) is 1.59. The highest BCUT2D eigenvalue weighted by atomic mass is 35.5. The van der Waals surface area contributed by atoms with E-state index < -0.39 is 6.10 Å². The molecule has 0 aliphatic carbocycles. The standard InChI is InChI=1S/C12H11Cl2N3O/c1-6-9(7(2)18)5-16-12(17-6)11-10(14)3-8(13)4-15-11/h3-5,7,18H,1-2H3/t7-/m1/s1. The lowest BCUT2D eigenvalue weighted by Crippen LogP contribution is -2.02. The molecule has 1 atom stereocenters. The van der Waals surface area contributed by atoms with Crippen LogP contribution in [-0.2, 0) is 0 Å². The summed E-state index contributed by atoms with van der Waals surface area (Å²) >= 11 is 11.8. The molecule has 0 aliphatic rings. The summed E-state index contributed by atoms with van der Waals surface area (Å²) in [5, 5.41) is 10.4. The van der Waals surface area contributed by atoms with E-state index in [1.54, 1.807) is 26.1 Å². The van der Waals surface area contributed by atoms with Crippen LogP contribution in [0.2, 0.25) is 10.0 Å². The third kappa shape index (κ3) is 2.61. The van der Waals surface area contributed by atoms with E-state index in [1.807, 2.05) is 0 Å². The second kappa shape index (κ2) is 5.18. The van der Waals surface area contributed by atoms with Crippen LogP contribution in [0.1, 0.15) is 24.3 Å². The number of rotatable bonds is 2. The van der Waals surface area contributed by atoms with Crippen LogP contribution < -0.4 is 0 Å². The number of aromatic nitrogens is 3. The fraction of sp³-hybridized carbons (Fsp3) is 0.250. The quantitative estimate of drug-likeness (QED) is 0.920. The van der Waals surface area contributed by atoms with Gasteiger partial charge in [0.15, 0.2) is 5.82 Å². The Labute approximate surface area is 115 Å². The molecule has 0 saturated heterocycles. The average Bonchev–Trinajstić information content (AvgIpc) is 2.28. The van der Waals surface area contributed by atoms with Gasteiger partial charge >= 0.3 is 0 Å². The minimum Gasteiger partial charge on any atom is -0.389 e. The number of aliphatic hydroxyl groups is 1. The van der Waals surface area contributed by atoms with Crippen molar-refractivity contribution in [2.45, 2.75) is 20.0 Å². The van der Waals surface area contributed by atoms with Crippen molar-refractivity contribution in [2.24, 2.45) is 0 Å². The summed E-state index contributed by atoms with van der Waals surface area (Å²) in [7, 11) is 0. The van der Waals surface area contributed by atoms with Crippen LogP contribution in [-0.4, -0.2) is 20.1 Å². The Morgan fingerprint density at radius 2 is 1.94 bits per heavy atom. The summed E-state index contributed by atoms with van der Waals surface area (Å²) < 4.78 is 0. The van der Waals surface area contributed by atoms with E-state index in [0.717, 1.165) is 0 Å². The minimum absolute atomic E-state index is 0.395. The molecule has 2 aromatic rings. The maximum Gasteiger partial charge on any atom is 0.179 e. The number of aliphatic hydroxyl groups excluding tert-OH is 1. The van der Waals surface area contributed by atoms with Gasteiger partial charge in [0.1, 0.15) is 5.69 Å². The lowest BCUT2D eigenvalue weighted by Gasteiger charge is -2.09. The molecule has 2 rings (SSSR count). The first kappa shape index (κ1) is 13.2. The molecule has 0 radical (unpaired) electrons. The van der Waals surface area contributed by atoms with Gasteiger partial charge in [0.2, 0.25) is 0 Å². The zero-order valence-electron chi connectivity index (χ0n) is 9.85. The van der Waals surface area contributed by atoms with Gasteiger partial charge in [-0.1, -0.05) is 23.2 Å². The summed E-state index contributed by atoms with van der Waals surface area (Å²) in [4.78, 5) is 12.6. The molecule has 0 saturated carbocycles. The molecule has 0 aromatic carbocycles. The molecule has 94 valence electrons. The molecule has 4 nitrogen and oxygen atoms in total. The first-order valence-electron chi connectivity index (χ1n) is 5.32. The molecule has 2 aromatic heterocycles. The molecule has 0 unspecified atom stereocenters. The van der Waals surface area contributed by atoms with Crippen molar-refractivity contribution in [1.29, 1.82) is 0 Å².